The predicted octanol–water partition coefficient (Wildman–Crippen LogP) is 2.09. The second kappa shape index (κ2) is 7.42. The standard InChI is InChI=1S/C16H18FN3O5S/c17-15-5-4-13(7-14(15)16(21)22)26(23,24)19-11-8-18-20(9-11)10-12-3-1-2-6-25-12/h4-5,7-9,12,19H,1-3,6,10H2,(H,21,22)/t12-/m1/s1. The van der Waals surface area contributed by atoms with Crippen molar-refractivity contribution in [2.45, 2.75) is 36.8 Å². The summed E-state index contributed by atoms with van der Waals surface area (Å²) in [6.45, 7) is 1.23. The maximum atomic E-state index is 13.4. The highest BCUT2D eigenvalue weighted by Gasteiger charge is 2.20. The number of rotatable bonds is 6. The Bertz CT molecular complexity index is 906. The zero-order valence-corrected chi connectivity index (χ0v) is 14.6. The molecular weight excluding hydrogens is 365 g/mol. The number of hydrogen-bond donors (Lipinski definition) is 2. The zero-order chi connectivity index (χ0) is 18.7. The summed E-state index contributed by atoms with van der Waals surface area (Å²) < 4.78 is 47.8. The van der Waals surface area contributed by atoms with Crippen molar-refractivity contribution < 1.29 is 27.4 Å². The topological polar surface area (TPSA) is 111 Å². The minimum Gasteiger partial charge on any atom is -0.478 e. The highest BCUT2D eigenvalue weighted by molar-refractivity contribution is 7.92. The molecule has 0 amide bonds. The van der Waals surface area contributed by atoms with Crippen LogP contribution in [0.4, 0.5) is 10.1 Å². The molecule has 0 spiro atoms. The monoisotopic (exact) mass is 383 g/mol. The molecule has 1 aromatic carbocycles. The number of sulfonamides is 1. The number of ether oxygens (including phenoxy) is 1. The molecule has 0 unspecified atom stereocenters. The van der Waals surface area contributed by atoms with Gasteiger partial charge in [-0.25, -0.2) is 17.6 Å². The summed E-state index contributed by atoms with van der Waals surface area (Å²) in [4.78, 5) is 10.6. The number of halogens is 1. The van der Waals surface area contributed by atoms with Gasteiger partial charge in [0.15, 0.2) is 0 Å². The Morgan fingerprint density at radius 3 is 2.92 bits per heavy atom. The summed E-state index contributed by atoms with van der Waals surface area (Å²) >= 11 is 0. The number of carbonyl (C=O) groups is 1. The van der Waals surface area contributed by atoms with E-state index in [-0.39, 0.29) is 16.7 Å². The van der Waals surface area contributed by atoms with Crippen molar-refractivity contribution in [3.63, 3.8) is 0 Å². The van der Waals surface area contributed by atoms with Crippen molar-refractivity contribution in [3.05, 3.63) is 42.0 Å². The third-order valence-electron chi connectivity index (χ3n) is 4.03. The first kappa shape index (κ1) is 18.3. The largest absolute Gasteiger partial charge is 0.478 e. The highest BCUT2D eigenvalue weighted by atomic mass is 32.2. The lowest BCUT2D eigenvalue weighted by Gasteiger charge is -2.22. The first-order chi connectivity index (χ1) is 12.3. The van der Waals surface area contributed by atoms with E-state index in [4.69, 9.17) is 9.84 Å². The van der Waals surface area contributed by atoms with Crippen molar-refractivity contribution in [1.29, 1.82) is 0 Å². The van der Waals surface area contributed by atoms with Crippen LogP contribution < -0.4 is 4.72 Å². The minimum absolute atomic E-state index is 0.0448. The molecule has 0 aliphatic carbocycles. The number of benzene rings is 1. The third-order valence-corrected chi connectivity index (χ3v) is 5.41. The van der Waals surface area contributed by atoms with Gasteiger partial charge >= 0.3 is 5.97 Å². The Labute approximate surface area is 149 Å². The Balaban J connectivity index is 1.73. The van der Waals surface area contributed by atoms with Crippen molar-refractivity contribution >= 4 is 21.7 Å². The van der Waals surface area contributed by atoms with Gasteiger partial charge in [0.1, 0.15) is 5.82 Å². The van der Waals surface area contributed by atoms with Gasteiger partial charge < -0.3 is 9.84 Å². The molecule has 1 aromatic heterocycles. The van der Waals surface area contributed by atoms with Gasteiger partial charge in [0.05, 0.1) is 35.0 Å². The van der Waals surface area contributed by atoms with E-state index in [1.54, 1.807) is 4.68 Å². The summed E-state index contributed by atoms with van der Waals surface area (Å²) in [5, 5.41) is 13.0. The fourth-order valence-electron chi connectivity index (χ4n) is 2.73. The fourth-order valence-corrected chi connectivity index (χ4v) is 3.78. The van der Waals surface area contributed by atoms with E-state index in [1.807, 2.05) is 0 Å². The molecule has 1 atom stereocenters. The average molecular weight is 383 g/mol. The van der Waals surface area contributed by atoms with Crippen molar-refractivity contribution in [3.8, 4) is 0 Å². The van der Waals surface area contributed by atoms with E-state index in [9.17, 15) is 17.6 Å². The second-order valence-electron chi connectivity index (χ2n) is 5.99. The van der Waals surface area contributed by atoms with E-state index < -0.39 is 27.4 Å². The van der Waals surface area contributed by atoms with Crippen LogP contribution in [-0.2, 0) is 21.3 Å². The lowest BCUT2D eigenvalue weighted by molar-refractivity contribution is 0.00400. The number of carboxylic acid groups (broad SMARTS) is 1. The number of nitrogens with zero attached hydrogens (tertiary/aromatic N) is 2. The van der Waals surface area contributed by atoms with Crippen LogP contribution in [0.1, 0.15) is 29.6 Å². The van der Waals surface area contributed by atoms with Gasteiger partial charge in [0.25, 0.3) is 10.0 Å². The molecule has 1 fully saturated rings. The fraction of sp³-hybridized carbons (Fsp3) is 0.375. The molecule has 2 N–H and O–H groups in total. The maximum absolute atomic E-state index is 13.4. The first-order valence-electron chi connectivity index (χ1n) is 8.05. The lowest BCUT2D eigenvalue weighted by atomic mass is 10.1. The van der Waals surface area contributed by atoms with Crippen LogP contribution in [0.25, 0.3) is 0 Å². The summed E-state index contributed by atoms with van der Waals surface area (Å²) in [6.07, 6.45) is 5.97. The number of carboxylic acids is 1. The van der Waals surface area contributed by atoms with E-state index in [0.717, 1.165) is 37.5 Å². The molecule has 140 valence electrons. The average Bonchev–Trinajstić information content (AvgIpc) is 3.01. The predicted molar refractivity (Wildman–Crippen MR) is 90.0 cm³/mol. The third kappa shape index (κ3) is 4.20. The smallest absolute Gasteiger partial charge is 0.338 e. The quantitative estimate of drug-likeness (QED) is 0.790. The molecule has 0 saturated carbocycles. The lowest BCUT2D eigenvalue weighted by Crippen LogP contribution is -2.24. The number of aromatic carboxylic acids is 1. The summed E-state index contributed by atoms with van der Waals surface area (Å²) in [6, 6.07) is 2.59. The molecule has 2 heterocycles. The maximum Gasteiger partial charge on any atom is 0.338 e. The Morgan fingerprint density at radius 1 is 1.42 bits per heavy atom. The second-order valence-corrected chi connectivity index (χ2v) is 7.67. The molecule has 10 heteroatoms. The molecule has 0 bridgehead atoms. The molecule has 8 nitrogen and oxygen atoms in total. The van der Waals surface area contributed by atoms with E-state index in [1.165, 1.54) is 12.4 Å². The minimum atomic E-state index is -4.07. The van der Waals surface area contributed by atoms with Gasteiger partial charge in [0.2, 0.25) is 0 Å². The molecule has 2 aromatic rings. The van der Waals surface area contributed by atoms with Gasteiger partial charge in [0, 0.05) is 12.8 Å². The zero-order valence-electron chi connectivity index (χ0n) is 13.8. The van der Waals surface area contributed by atoms with Crippen LogP contribution >= 0.6 is 0 Å². The van der Waals surface area contributed by atoms with Crippen LogP contribution in [0, 0.1) is 5.82 Å². The van der Waals surface area contributed by atoms with Gasteiger partial charge in [-0.3, -0.25) is 9.40 Å². The summed E-state index contributed by atoms with van der Waals surface area (Å²) in [7, 11) is -4.07. The van der Waals surface area contributed by atoms with E-state index in [2.05, 4.69) is 9.82 Å². The van der Waals surface area contributed by atoms with Crippen LogP contribution in [0.3, 0.4) is 0 Å². The Hall–Kier alpha value is -2.46. The number of hydrogen-bond acceptors (Lipinski definition) is 5. The van der Waals surface area contributed by atoms with Gasteiger partial charge in [-0.1, -0.05) is 0 Å². The van der Waals surface area contributed by atoms with Gasteiger partial charge in [-0.2, -0.15) is 5.10 Å². The molecule has 26 heavy (non-hydrogen) atoms. The Kier molecular flexibility index (Phi) is 5.23. The van der Waals surface area contributed by atoms with Crippen LogP contribution in [0.2, 0.25) is 0 Å². The van der Waals surface area contributed by atoms with E-state index >= 15 is 0 Å². The van der Waals surface area contributed by atoms with Crippen molar-refractivity contribution in [2.75, 3.05) is 11.3 Å². The highest BCUT2D eigenvalue weighted by Crippen LogP contribution is 2.20. The normalized spacial score (nSPS) is 17.8. The molecule has 1 aliphatic rings. The number of nitrogens with one attached hydrogen (secondary N) is 1. The first-order valence-corrected chi connectivity index (χ1v) is 9.53. The van der Waals surface area contributed by atoms with E-state index in [0.29, 0.717) is 13.2 Å². The van der Waals surface area contributed by atoms with Crippen molar-refractivity contribution in [2.24, 2.45) is 0 Å². The Morgan fingerprint density at radius 2 is 2.23 bits per heavy atom. The van der Waals surface area contributed by atoms with Gasteiger partial charge in [-0.15, -0.1) is 0 Å². The molecule has 0 radical (unpaired) electrons. The van der Waals surface area contributed by atoms with Gasteiger partial charge in [-0.05, 0) is 37.5 Å². The number of aromatic nitrogens is 2. The molecule has 3 rings (SSSR count). The molecule has 1 saturated heterocycles. The molecule has 1 aliphatic heterocycles. The SMILES string of the molecule is O=C(O)c1cc(S(=O)(=O)Nc2cnn(C[C@H]3CCCCO3)c2)ccc1F. The van der Waals surface area contributed by atoms with Crippen LogP contribution in [-0.4, -0.2) is 42.0 Å². The molecular formula is C16H18FN3O5S. The van der Waals surface area contributed by atoms with Crippen LogP contribution in [0.15, 0.2) is 35.5 Å². The number of anilines is 1. The summed E-state index contributed by atoms with van der Waals surface area (Å²) in [5.74, 6) is -2.54. The van der Waals surface area contributed by atoms with Crippen LogP contribution in [0.5, 0.6) is 0 Å². The van der Waals surface area contributed by atoms with Crippen molar-refractivity contribution in [1.82, 2.24) is 9.78 Å². The summed E-state index contributed by atoms with van der Waals surface area (Å²) in [5.41, 5.74) is -0.486.